The van der Waals surface area contributed by atoms with Crippen molar-refractivity contribution >= 4 is 28.5 Å². The number of aliphatic hydroxyl groups excluding tert-OH is 1. The van der Waals surface area contributed by atoms with Crippen molar-refractivity contribution < 1.29 is 14.7 Å². The van der Waals surface area contributed by atoms with Crippen molar-refractivity contribution in [3.8, 4) is 0 Å². The van der Waals surface area contributed by atoms with Crippen molar-refractivity contribution in [3.63, 3.8) is 0 Å². The molecule has 7 nitrogen and oxygen atoms in total. The van der Waals surface area contributed by atoms with Crippen LogP contribution < -0.4 is 10.2 Å². The van der Waals surface area contributed by atoms with Crippen molar-refractivity contribution in [2.75, 3.05) is 18.1 Å². The summed E-state index contributed by atoms with van der Waals surface area (Å²) in [5.41, 5.74) is 0.854. The number of rotatable bonds is 4. The van der Waals surface area contributed by atoms with Gasteiger partial charge in [-0.05, 0) is 19.1 Å². The predicted octanol–water partition coefficient (Wildman–Crippen LogP) is 0.413. The molecule has 1 aromatic heterocycles. The SMILES string of the molecule is CC(CO)NC(=O)C1CC(=O)N(c2n[nH]c3ccccc23)C1. The molecule has 1 aromatic carbocycles. The quantitative estimate of drug-likeness (QED) is 0.762. The van der Waals surface area contributed by atoms with E-state index in [4.69, 9.17) is 5.11 Å². The summed E-state index contributed by atoms with van der Waals surface area (Å²) in [6.45, 7) is 1.89. The number of nitrogens with one attached hydrogen (secondary N) is 2. The number of fused-ring (bicyclic) bond motifs is 1. The van der Waals surface area contributed by atoms with Gasteiger partial charge in [-0.3, -0.25) is 19.6 Å². The minimum absolute atomic E-state index is 0.117. The van der Waals surface area contributed by atoms with E-state index in [-0.39, 0.29) is 30.9 Å². The number of para-hydroxylation sites is 1. The van der Waals surface area contributed by atoms with E-state index in [0.717, 1.165) is 10.9 Å². The molecule has 0 bridgehead atoms. The number of carbonyl (C=O) groups is 2. The highest BCUT2D eigenvalue weighted by Crippen LogP contribution is 2.29. The molecule has 2 unspecified atom stereocenters. The number of aromatic amines is 1. The molecule has 0 aliphatic carbocycles. The van der Waals surface area contributed by atoms with E-state index in [1.807, 2.05) is 24.3 Å². The third-order valence-electron chi connectivity index (χ3n) is 3.86. The number of amides is 2. The molecule has 2 heterocycles. The molecule has 0 saturated carbocycles. The van der Waals surface area contributed by atoms with Crippen molar-refractivity contribution in [2.24, 2.45) is 5.92 Å². The van der Waals surface area contributed by atoms with Crippen LogP contribution in [-0.4, -0.2) is 46.3 Å². The summed E-state index contributed by atoms with van der Waals surface area (Å²) in [4.78, 5) is 25.9. The van der Waals surface area contributed by atoms with E-state index in [9.17, 15) is 9.59 Å². The number of benzene rings is 1. The summed E-state index contributed by atoms with van der Waals surface area (Å²) >= 11 is 0. The van der Waals surface area contributed by atoms with Crippen LogP contribution in [0.1, 0.15) is 13.3 Å². The van der Waals surface area contributed by atoms with Crippen LogP contribution in [0.3, 0.4) is 0 Å². The maximum atomic E-state index is 12.2. The molecule has 2 amide bonds. The zero-order chi connectivity index (χ0) is 15.7. The monoisotopic (exact) mass is 302 g/mol. The van der Waals surface area contributed by atoms with E-state index in [0.29, 0.717) is 12.4 Å². The fourth-order valence-electron chi connectivity index (χ4n) is 2.65. The first-order chi connectivity index (χ1) is 10.6. The lowest BCUT2D eigenvalue weighted by atomic mass is 10.1. The van der Waals surface area contributed by atoms with E-state index < -0.39 is 5.92 Å². The smallest absolute Gasteiger partial charge is 0.229 e. The van der Waals surface area contributed by atoms with Gasteiger partial charge in [-0.1, -0.05) is 12.1 Å². The Morgan fingerprint density at radius 2 is 2.32 bits per heavy atom. The molecule has 0 spiro atoms. The number of H-pyrrole nitrogens is 1. The Hall–Kier alpha value is -2.41. The molecule has 1 aliphatic heterocycles. The van der Waals surface area contributed by atoms with Crippen LogP contribution in [-0.2, 0) is 9.59 Å². The highest BCUT2D eigenvalue weighted by Gasteiger charge is 2.37. The van der Waals surface area contributed by atoms with Gasteiger partial charge in [-0.15, -0.1) is 0 Å². The normalized spacial score (nSPS) is 19.6. The van der Waals surface area contributed by atoms with Gasteiger partial charge < -0.3 is 10.4 Å². The van der Waals surface area contributed by atoms with Crippen LogP contribution in [0.4, 0.5) is 5.82 Å². The van der Waals surface area contributed by atoms with Crippen molar-refractivity contribution in [1.82, 2.24) is 15.5 Å². The van der Waals surface area contributed by atoms with Gasteiger partial charge in [-0.25, -0.2) is 0 Å². The van der Waals surface area contributed by atoms with Crippen molar-refractivity contribution in [3.05, 3.63) is 24.3 Å². The van der Waals surface area contributed by atoms with E-state index in [1.165, 1.54) is 0 Å². The van der Waals surface area contributed by atoms with Crippen LogP contribution in [0.15, 0.2) is 24.3 Å². The summed E-state index contributed by atoms with van der Waals surface area (Å²) in [6, 6.07) is 7.24. The molecular formula is C15H18N4O3. The van der Waals surface area contributed by atoms with Crippen molar-refractivity contribution in [2.45, 2.75) is 19.4 Å². The average Bonchev–Trinajstić information content (AvgIpc) is 3.10. The predicted molar refractivity (Wildman–Crippen MR) is 81.2 cm³/mol. The fraction of sp³-hybridized carbons (Fsp3) is 0.400. The second-order valence-electron chi connectivity index (χ2n) is 5.59. The van der Waals surface area contributed by atoms with Crippen LogP contribution in [0.5, 0.6) is 0 Å². The first-order valence-electron chi connectivity index (χ1n) is 7.25. The van der Waals surface area contributed by atoms with Gasteiger partial charge in [0, 0.05) is 24.4 Å². The number of aromatic nitrogens is 2. The topological polar surface area (TPSA) is 98.3 Å². The second-order valence-corrected chi connectivity index (χ2v) is 5.59. The first kappa shape index (κ1) is 14.5. The number of hydrogen-bond donors (Lipinski definition) is 3. The molecule has 1 aliphatic rings. The highest BCUT2D eigenvalue weighted by molar-refractivity contribution is 6.05. The summed E-state index contributed by atoms with van der Waals surface area (Å²) in [5.74, 6) is -0.186. The maximum absolute atomic E-state index is 12.2. The van der Waals surface area contributed by atoms with Gasteiger partial charge in [0.2, 0.25) is 11.8 Å². The first-order valence-corrected chi connectivity index (χ1v) is 7.25. The number of carbonyl (C=O) groups excluding carboxylic acids is 2. The zero-order valence-electron chi connectivity index (χ0n) is 12.2. The summed E-state index contributed by atoms with van der Waals surface area (Å²) < 4.78 is 0. The van der Waals surface area contributed by atoms with Gasteiger partial charge >= 0.3 is 0 Å². The van der Waals surface area contributed by atoms with E-state index >= 15 is 0 Å². The van der Waals surface area contributed by atoms with E-state index in [1.54, 1.807) is 11.8 Å². The minimum atomic E-state index is -0.419. The van der Waals surface area contributed by atoms with Crippen LogP contribution in [0, 0.1) is 5.92 Å². The number of hydrogen-bond acceptors (Lipinski definition) is 4. The molecule has 2 aromatic rings. The van der Waals surface area contributed by atoms with Crippen LogP contribution >= 0.6 is 0 Å². The summed E-state index contributed by atoms with van der Waals surface area (Å²) in [7, 11) is 0. The molecule has 3 rings (SSSR count). The number of nitrogens with zero attached hydrogens (tertiary/aromatic N) is 2. The highest BCUT2D eigenvalue weighted by atomic mass is 16.3. The largest absolute Gasteiger partial charge is 0.394 e. The third-order valence-corrected chi connectivity index (χ3v) is 3.86. The fourth-order valence-corrected chi connectivity index (χ4v) is 2.65. The average molecular weight is 302 g/mol. The van der Waals surface area contributed by atoms with Crippen LogP contribution in [0.25, 0.3) is 10.9 Å². The Bertz CT molecular complexity index is 712. The minimum Gasteiger partial charge on any atom is -0.394 e. The molecule has 7 heteroatoms. The molecule has 0 radical (unpaired) electrons. The number of anilines is 1. The second kappa shape index (κ2) is 5.76. The Balaban J connectivity index is 1.79. The summed E-state index contributed by atoms with van der Waals surface area (Å²) in [6.07, 6.45) is 0.158. The van der Waals surface area contributed by atoms with Gasteiger partial charge in [0.15, 0.2) is 5.82 Å². The zero-order valence-corrected chi connectivity index (χ0v) is 12.2. The molecule has 2 atom stereocenters. The lowest BCUT2D eigenvalue weighted by molar-refractivity contribution is -0.127. The van der Waals surface area contributed by atoms with Crippen molar-refractivity contribution in [1.29, 1.82) is 0 Å². The van der Waals surface area contributed by atoms with E-state index in [2.05, 4.69) is 15.5 Å². The lowest BCUT2D eigenvalue weighted by Gasteiger charge is -2.16. The molecule has 116 valence electrons. The Morgan fingerprint density at radius 3 is 3.09 bits per heavy atom. The van der Waals surface area contributed by atoms with Gasteiger partial charge in [-0.2, -0.15) is 5.10 Å². The van der Waals surface area contributed by atoms with Gasteiger partial charge in [0.1, 0.15) is 0 Å². The van der Waals surface area contributed by atoms with Crippen LogP contribution in [0.2, 0.25) is 0 Å². The molecule has 3 N–H and O–H groups in total. The van der Waals surface area contributed by atoms with Gasteiger partial charge in [0.05, 0.1) is 18.0 Å². The molecule has 22 heavy (non-hydrogen) atoms. The molecule has 1 saturated heterocycles. The third kappa shape index (κ3) is 2.55. The standard InChI is InChI=1S/C15H18N4O3/c1-9(8-20)16-15(22)10-6-13(21)19(7-10)14-11-4-2-3-5-12(11)17-18-14/h2-5,9-10,20H,6-8H2,1H3,(H,16,22)(H,17,18). The number of aliphatic hydroxyl groups is 1. The Morgan fingerprint density at radius 1 is 1.55 bits per heavy atom. The summed E-state index contributed by atoms with van der Waals surface area (Å²) in [5, 5.41) is 19.7. The molecular weight excluding hydrogens is 284 g/mol. The lowest BCUT2D eigenvalue weighted by Crippen LogP contribution is -2.40. The Labute approximate surface area is 127 Å². The van der Waals surface area contributed by atoms with Gasteiger partial charge in [0.25, 0.3) is 0 Å². The molecule has 1 fully saturated rings. The maximum Gasteiger partial charge on any atom is 0.229 e. The Kier molecular flexibility index (Phi) is 3.81.